The van der Waals surface area contributed by atoms with Crippen LogP contribution in [0.4, 0.5) is 10.1 Å². The molecule has 0 saturated heterocycles. The van der Waals surface area contributed by atoms with Crippen LogP contribution >= 0.6 is 0 Å². The molecule has 0 N–H and O–H groups in total. The zero-order valence-electron chi connectivity index (χ0n) is 15.9. The molecule has 0 fully saturated rings. The summed E-state index contributed by atoms with van der Waals surface area (Å²) in [6.45, 7) is 4.02. The van der Waals surface area contributed by atoms with E-state index < -0.39 is 10.7 Å². The molecular weight excluding hydrogens is 379 g/mol. The molecule has 2 aromatic carbocycles. The van der Waals surface area contributed by atoms with E-state index in [9.17, 15) is 19.3 Å². The molecule has 8 nitrogen and oxygen atoms in total. The highest BCUT2D eigenvalue weighted by atomic mass is 19.1. The lowest BCUT2D eigenvalue weighted by molar-refractivity contribution is -0.384. The predicted octanol–water partition coefficient (Wildman–Crippen LogP) is 3.88. The van der Waals surface area contributed by atoms with Gasteiger partial charge in [-0.2, -0.15) is 4.98 Å². The Balaban J connectivity index is 1.72. The number of nitrogens with zero attached hydrogens (tertiary/aromatic N) is 4. The third kappa shape index (κ3) is 4.81. The maximum absolute atomic E-state index is 13.4. The fraction of sp³-hybridized carbons (Fsp3) is 0.250. The summed E-state index contributed by atoms with van der Waals surface area (Å²) in [5.41, 5.74) is 0.660. The van der Waals surface area contributed by atoms with Crippen molar-refractivity contribution in [1.82, 2.24) is 15.0 Å². The van der Waals surface area contributed by atoms with Crippen molar-refractivity contribution in [3.05, 3.63) is 75.9 Å². The first kappa shape index (κ1) is 20.1. The Kier molecular flexibility index (Phi) is 5.96. The highest BCUT2D eigenvalue weighted by Crippen LogP contribution is 2.21. The monoisotopic (exact) mass is 398 g/mol. The van der Waals surface area contributed by atoms with Gasteiger partial charge in [0.25, 0.3) is 11.6 Å². The number of hydrogen-bond acceptors (Lipinski definition) is 6. The Morgan fingerprint density at radius 2 is 2.00 bits per heavy atom. The van der Waals surface area contributed by atoms with Gasteiger partial charge in [-0.05, 0) is 32.0 Å². The fourth-order valence-electron chi connectivity index (χ4n) is 2.83. The maximum atomic E-state index is 13.4. The van der Waals surface area contributed by atoms with E-state index in [-0.39, 0.29) is 29.0 Å². The second-order valence-corrected chi connectivity index (χ2v) is 6.67. The minimum absolute atomic E-state index is 0.0690. The fourth-order valence-corrected chi connectivity index (χ4v) is 2.83. The molecule has 0 aliphatic heterocycles. The van der Waals surface area contributed by atoms with E-state index in [1.54, 1.807) is 23.1 Å². The van der Waals surface area contributed by atoms with Crippen LogP contribution in [0.25, 0.3) is 11.4 Å². The molecule has 0 aliphatic carbocycles. The van der Waals surface area contributed by atoms with Gasteiger partial charge < -0.3 is 9.42 Å². The summed E-state index contributed by atoms with van der Waals surface area (Å²) < 4.78 is 18.7. The number of rotatable bonds is 7. The van der Waals surface area contributed by atoms with Gasteiger partial charge >= 0.3 is 0 Å². The van der Waals surface area contributed by atoms with Gasteiger partial charge in [0.2, 0.25) is 11.7 Å². The van der Waals surface area contributed by atoms with Crippen LogP contribution in [0.2, 0.25) is 0 Å². The summed E-state index contributed by atoms with van der Waals surface area (Å²) in [4.78, 5) is 29.0. The summed E-state index contributed by atoms with van der Waals surface area (Å²) in [5, 5.41) is 14.8. The van der Waals surface area contributed by atoms with Gasteiger partial charge in [-0.15, -0.1) is 0 Å². The smallest absolute Gasteiger partial charge is 0.270 e. The second-order valence-electron chi connectivity index (χ2n) is 6.67. The first-order valence-corrected chi connectivity index (χ1v) is 8.99. The molecule has 1 heterocycles. The maximum Gasteiger partial charge on any atom is 0.270 e. The van der Waals surface area contributed by atoms with Gasteiger partial charge in [0.05, 0.1) is 4.92 Å². The molecule has 3 aromatic rings. The van der Waals surface area contributed by atoms with E-state index in [0.29, 0.717) is 24.4 Å². The first-order chi connectivity index (χ1) is 13.8. The van der Waals surface area contributed by atoms with Gasteiger partial charge in [-0.3, -0.25) is 14.9 Å². The highest BCUT2D eigenvalue weighted by molar-refractivity contribution is 5.94. The quantitative estimate of drug-likeness (QED) is 0.442. The Morgan fingerprint density at radius 3 is 2.69 bits per heavy atom. The van der Waals surface area contributed by atoms with Gasteiger partial charge in [0.15, 0.2) is 0 Å². The number of carbonyl (C=O) groups is 1. The van der Waals surface area contributed by atoms with E-state index in [1.165, 1.54) is 30.3 Å². The van der Waals surface area contributed by atoms with E-state index in [1.807, 2.05) is 13.8 Å². The van der Waals surface area contributed by atoms with Crippen molar-refractivity contribution in [1.29, 1.82) is 0 Å². The normalized spacial score (nSPS) is 10.9. The summed E-state index contributed by atoms with van der Waals surface area (Å²) in [6.07, 6.45) is 0.293. The van der Waals surface area contributed by atoms with Gasteiger partial charge in [-0.1, -0.05) is 23.4 Å². The largest absolute Gasteiger partial charge is 0.339 e. The number of amides is 1. The van der Waals surface area contributed by atoms with Crippen LogP contribution in [0.15, 0.2) is 53.1 Å². The number of nitro benzene ring substituents is 1. The van der Waals surface area contributed by atoms with E-state index >= 15 is 0 Å². The lowest BCUT2D eigenvalue weighted by atomic mass is 10.1. The Hall–Kier alpha value is -3.62. The molecule has 3 rings (SSSR count). The minimum atomic E-state index is -0.497. The minimum Gasteiger partial charge on any atom is -0.339 e. The molecule has 0 atom stereocenters. The molecule has 0 unspecified atom stereocenters. The molecule has 29 heavy (non-hydrogen) atoms. The van der Waals surface area contributed by atoms with Gasteiger partial charge in [-0.25, -0.2) is 4.39 Å². The molecule has 0 bridgehead atoms. The third-order valence-electron chi connectivity index (χ3n) is 4.31. The van der Waals surface area contributed by atoms with Crippen LogP contribution in [-0.2, 0) is 6.42 Å². The third-order valence-corrected chi connectivity index (χ3v) is 4.31. The highest BCUT2D eigenvalue weighted by Gasteiger charge is 2.20. The topological polar surface area (TPSA) is 102 Å². The molecule has 0 spiro atoms. The predicted molar refractivity (Wildman–Crippen MR) is 103 cm³/mol. The molecule has 9 heteroatoms. The average Bonchev–Trinajstić information content (AvgIpc) is 3.17. The van der Waals surface area contributed by atoms with Crippen LogP contribution in [0.5, 0.6) is 0 Å². The number of nitro groups is 1. The number of halogens is 1. The van der Waals surface area contributed by atoms with Gasteiger partial charge in [0.1, 0.15) is 5.82 Å². The molecule has 1 aromatic heterocycles. The Bertz CT molecular complexity index is 1030. The first-order valence-electron chi connectivity index (χ1n) is 8.99. The lowest BCUT2D eigenvalue weighted by Gasteiger charge is -2.26. The number of benzene rings is 2. The molecule has 0 aliphatic rings. The summed E-state index contributed by atoms with van der Waals surface area (Å²) >= 11 is 0. The van der Waals surface area contributed by atoms with Crippen LogP contribution in [0, 0.1) is 15.9 Å². The van der Waals surface area contributed by atoms with Crippen molar-refractivity contribution < 1.29 is 18.6 Å². The standard InChI is InChI=1S/C20H19FN4O4/c1-13(2)24(20(26)15-6-3-7-16(21)11-15)10-9-18-22-19(23-29-18)14-5-4-8-17(12-14)25(27)28/h3-8,11-13H,9-10H2,1-2H3. The molecule has 0 saturated carbocycles. The van der Waals surface area contributed by atoms with Crippen LogP contribution in [0.1, 0.15) is 30.1 Å². The molecule has 0 radical (unpaired) electrons. The van der Waals surface area contributed by atoms with Crippen LogP contribution in [-0.4, -0.2) is 38.5 Å². The van der Waals surface area contributed by atoms with Crippen LogP contribution < -0.4 is 0 Å². The van der Waals surface area contributed by atoms with Crippen molar-refractivity contribution in [2.45, 2.75) is 26.3 Å². The summed E-state index contributed by atoms with van der Waals surface area (Å²) in [6, 6.07) is 11.3. The Labute approximate surface area is 166 Å². The molecular formula is C20H19FN4O4. The second kappa shape index (κ2) is 8.59. The van der Waals surface area contributed by atoms with Crippen molar-refractivity contribution in [3.63, 3.8) is 0 Å². The van der Waals surface area contributed by atoms with Crippen molar-refractivity contribution >= 4 is 11.6 Å². The van der Waals surface area contributed by atoms with Crippen molar-refractivity contribution in [2.24, 2.45) is 0 Å². The zero-order chi connectivity index (χ0) is 21.0. The lowest BCUT2D eigenvalue weighted by Crippen LogP contribution is -2.38. The SMILES string of the molecule is CC(C)N(CCc1nc(-c2cccc([N+](=O)[O-])c2)no1)C(=O)c1cccc(F)c1. The number of hydrogen-bond donors (Lipinski definition) is 0. The van der Waals surface area contributed by atoms with Crippen LogP contribution in [0.3, 0.4) is 0 Å². The summed E-state index contributed by atoms with van der Waals surface area (Å²) in [5.74, 6) is -0.239. The van der Waals surface area contributed by atoms with Gasteiger partial charge in [0, 0.05) is 42.3 Å². The number of aromatic nitrogens is 2. The molecule has 1 amide bonds. The number of carbonyl (C=O) groups excluding carboxylic acids is 1. The Morgan fingerprint density at radius 1 is 1.24 bits per heavy atom. The molecule has 150 valence electrons. The van der Waals surface area contributed by atoms with E-state index in [2.05, 4.69) is 10.1 Å². The van der Waals surface area contributed by atoms with E-state index in [0.717, 1.165) is 0 Å². The average molecular weight is 398 g/mol. The zero-order valence-corrected chi connectivity index (χ0v) is 15.9. The summed E-state index contributed by atoms with van der Waals surface area (Å²) in [7, 11) is 0. The van der Waals surface area contributed by atoms with Crippen molar-refractivity contribution in [2.75, 3.05) is 6.54 Å². The van der Waals surface area contributed by atoms with E-state index in [4.69, 9.17) is 4.52 Å². The van der Waals surface area contributed by atoms with Crippen molar-refractivity contribution in [3.8, 4) is 11.4 Å². The number of non-ortho nitro benzene ring substituents is 1.